The second kappa shape index (κ2) is 13.9. The van der Waals surface area contributed by atoms with Crippen LogP contribution in [0.3, 0.4) is 0 Å². The second-order valence-electron chi connectivity index (χ2n) is 8.67. The summed E-state index contributed by atoms with van der Waals surface area (Å²) in [6.07, 6.45) is 13.4. The van der Waals surface area contributed by atoms with E-state index < -0.39 is 0 Å². The average Bonchev–Trinajstić information content (AvgIpc) is 2.78. The monoisotopic (exact) mass is 378 g/mol. The largest absolute Gasteiger partial charge is 1.00 e. The molecule has 0 saturated carbocycles. The van der Waals surface area contributed by atoms with Crippen molar-refractivity contribution in [3.8, 4) is 0 Å². The minimum absolute atomic E-state index is 0. The fourth-order valence-electron chi connectivity index (χ4n) is 3.09. The van der Waals surface area contributed by atoms with Gasteiger partial charge in [0.15, 0.2) is 0 Å². The third-order valence-corrected chi connectivity index (χ3v) is 3.72. The van der Waals surface area contributed by atoms with Gasteiger partial charge >= 0.3 is 0 Å². The molecule has 1 aliphatic rings. The Kier molecular flexibility index (Phi) is 16.6. The lowest BCUT2D eigenvalue weighted by Gasteiger charge is -2.28. The van der Waals surface area contributed by atoms with Crippen LogP contribution in [0.2, 0.25) is 0 Å². The van der Waals surface area contributed by atoms with Crippen LogP contribution in [0.25, 0.3) is 0 Å². The summed E-state index contributed by atoms with van der Waals surface area (Å²) in [5.74, 6) is 1.62. The molecule has 0 radical (unpaired) electrons. The first-order valence-electron chi connectivity index (χ1n) is 8.55. The minimum Gasteiger partial charge on any atom is -1.00 e. The van der Waals surface area contributed by atoms with Crippen molar-refractivity contribution in [3.05, 3.63) is 37.5 Å². The van der Waals surface area contributed by atoms with E-state index in [0.717, 1.165) is 27.7 Å². The van der Waals surface area contributed by atoms with Crippen molar-refractivity contribution in [2.45, 2.75) is 25.7 Å². The molecule has 0 aromatic rings. The number of allylic oxidation sites excluding steroid dienone is 4. The quantitative estimate of drug-likeness (QED) is 0.342. The number of rotatable bonds is 8. The highest BCUT2D eigenvalue weighted by Gasteiger charge is 2.18. The summed E-state index contributed by atoms with van der Waals surface area (Å²) >= 11 is 0. The summed E-state index contributed by atoms with van der Waals surface area (Å²) in [5, 5.41) is 0. The molecule has 1 rings (SSSR count). The van der Waals surface area contributed by atoms with E-state index in [9.17, 15) is 0 Å². The maximum atomic E-state index is 3.77. The van der Waals surface area contributed by atoms with Crippen molar-refractivity contribution in [2.24, 2.45) is 11.8 Å². The molecule has 0 spiro atoms. The molecule has 0 saturated heterocycles. The zero-order chi connectivity index (χ0) is 17.2. The van der Waals surface area contributed by atoms with Gasteiger partial charge in [0, 0.05) is 11.8 Å². The summed E-state index contributed by atoms with van der Waals surface area (Å²) in [6, 6.07) is 0. The fraction of sp³-hybridized carbons (Fsp3) is 0.700. The van der Waals surface area contributed by atoms with Crippen LogP contribution in [-0.4, -0.2) is 64.3 Å². The number of quaternary nitrogens is 2. The average molecular weight is 379 g/mol. The summed E-state index contributed by atoms with van der Waals surface area (Å²) < 4.78 is 2.12. The Labute approximate surface area is 164 Å². The fourth-order valence-corrected chi connectivity index (χ4v) is 3.09. The van der Waals surface area contributed by atoms with Crippen LogP contribution in [0.1, 0.15) is 25.7 Å². The maximum Gasteiger partial charge on any atom is 0.0815 e. The summed E-state index contributed by atoms with van der Waals surface area (Å²) in [4.78, 5) is 0. The zero-order valence-electron chi connectivity index (χ0n) is 16.8. The molecule has 4 heteroatoms. The Morgan fingerprint density at radius 3 is 1.58 bits per heavy atom. The molecule has 0 aliphatic heterocycles. The predicted octanol–water partition coefficient (Wildman–Crippen LogP) is -1.87. The molecule has 0 amide bonds. The van der Waals surface area contributed by atoms with Gasteiger partial charge in [-0.2, -0.15) is 0 Å². The molecule has 0 aromatic heterocycles. The van der Waals surface area contributed by atoms with Crippen LogP contribution in [0.5, 0.6) is 0 Å². The zero-order valence-corrected chi connectivity index (χ0v) is 18.3. The van der Waals surface area contributed by atoms with Crippen molar-refractivity contribution in [2.75, 3.05) is 55.4 Å². The van der Waals surface area contributed by atoms with Crippen LogP contribution >= 0.6 is 0 Å². The van der Waals surface area contributed by atoms with Gasteiger partial charge in [-0.15, -0.1) is 13.2 Å². The molecular formula is C20H40Cl2N2. The SMILES string of the molecule is C=CCC(CC=C)C[N+](C)(C)C.C[N+](C)(C)CC1CC=CC1.[Cl-].[Cl-]. The highest BCUT2D eigenvalue weighted by Crippen LogP contribution is 2.19. The summed E-state index contributed by atoms with van der Waals surface area (Å²) in [6.45, 7) is 10.0. The number of nitrogens with zero attached hydrogens (tertiary/aromatic N) is 2. The molecule has 0 bridgehead atoms. The molecule has 0 aromatic carbocycles. The van der Waals surface area contributed by atoms with Crippen molar-refractivity contribution < 1.29 is 33.8 Å². The second-order valence-corrected chi connectivity index (χ2v) is 8.67. The van der Waals surface area contributed by atoms with Crippen molar-refractivity contribution >= 4 is 0 Å². The molecule has 0 N–H and O–H groups in total. The van der Waals surface area contributed by atoms with E-state index in [2.05, 4.69) is 67.6 Å². The third-order valence-electron chi connectivity index (χ3n) is 3.72. The predicted molar refractivity (Wildman–Crippen MR) is 101 cm³/mol. The highest BCUT2D eigenvalue weighted by molar-refractivity contribution is 4.93. The first-order valence-corrected chi connectivity index (χ1v) is 8.55. The van der Waals surface area contributed by atoms with Gasteiger partial charge in [0.1, 0.15) is 0 Å². The molecule has 2 nitrogen and oxygen atoms in total. The van der Waals surface area contributed by atoms with E-state index >= 15 is 0 Å². The molecule has 1 aliphatic carbocycles. The van der Waals surface area contributed by atoms with E-state index in [0.29, 0.717) is 5.92 Å². The Morgan fingerprint density at radius 2 is 1.29 bits per heavy atom. The summed E-state index contributed by atoms with van der Waals surface area (Å²) in [7, 11) is 13.5. The van der Waals surface area contributed by atoms with E-state index in [-0.39, 0.29) is 24.8 Å². The molecule has 0 unspecified atom stereocenters. The molecule has 0 atom stereocenters. The lowest BCUT2D eigenvalue weighted by Crippen LogP contribution is -3.00. The van der Waals surface area contributed by atoms with Crippen LogP contribution in [-0.2, 0) is 0 Å². The van der Waals surface area contributed by atoms with E-state index in [1.165, 1.54) is 25.9 Å². The molecule has 24 heavy (non-hydrogen) atoms. The van der Waals surface area contributed by atoms with Crippen LogP contribution < -0.4 is 24.8 Å². The van der Waals surface area contributed by atoms with Crippen molar-refractivity contribution in [1.29, 1.82) is 0 Å². The Balaban J connectivity index is -0.000000342. The molecule has 0 fully saturated rings. The maximum absolute atomic E-state index is 3.77. The van der Waals surface area contributed by atoms with Crippen LogP contribution in [0.4, 0.5) is 0 Å². The van der Waals surface area contributed by atoms with E-state index in [4.69, 9.17) is 0 Å². The highest BCUT2D eigenvalue weighted by atomic mass is 35.5. The molecule has 0 heterocycles. The van der Waals surface area contributed by atoms with Gasteiger partial charge in [-0.25, -0.2) is 0 Å². The molecule has 144 valence electrons. The number of halogens is 2. The van der Waals surface area contributed by atoms with Crippen molar-refractivity contribution in [3.63, 3.8) is 0 Å². The smallest absolute Gasteiger partial charge is 0.0815 e. The Hall–Kier alpha value is -0.280. The van der Waals surface area contributed by atoms with Gasteiger partial charge in [0.2, 0.25) is 0 Å². The molecular weight excluding hydrogens is 339 g/mol. The lowest BCUT2D eigenvalue weighted by atomic mass is 10.0. The normalized spacial score (nSPS) is 14.3. The van der Waals surface area contributed by atoms with Gasteiger partial charge in [0.05, 0.1) is 55.4 Å². The summed E-state index contributed by atoms with van der Waals surface area (Å²) in [5.41, 5.74) is 0. The standard InChI is InChI=1S/C11H22N.C9H18N.2ClH/c1-6-8-11(9-7-2)10-12(3,4)5;1-10(2,3)8-9-6-4-5-7-9;;/h6-7,11H,1-2,8-10H2,3-5H3;4-5,9H,6-8H2,1-3H3;2*1H/q2*+1;;/p-2. The minimum atomic E-state index is 0. The van der Waals surface area contributed by atoms with Crippen LogP contribution in [0, 0.1) is 11.8 Å². The number of hydrogen-bond acceptors (Lipinski definition) is 0. The number of hydrogen-bond donors (Lipinski definition) is 0. The van der Waals surface area contributed by atoms with Crippen molar-refractivity contribution in [1.82, 2.24) is 0 Å². The van der Waals surface area contributed by atoms with Gasteiger partial charge in [-0.3, -0.25) is 0 Å². The van der Waals surface area contributed by atoms with Gasteiger partial charge in [0.25, 0.3) is 0 Å². The Morgan fingerprint density at radius 1 is 0.875 bits per heavy atom. The Bertz CT molecular complexity index is 334. The van der Waals surface area contributed by atoms with Gasteiger partial charge in [-0.1, -0.05) is 24.3 Å². The lowest BCUT2D eigenvalue weighted by molar-refractivity contribution is -0.873. The first kappa shape index (κ1) is 28.5. The van der Waals surface area contributed by atoms with E-state index in [1.807, 2.05) is 12.2 Å². The topological polar surface area (TPSA) is 0 Å². The van der Waals surface area contributed by atoms with Gasteiger partial charge in [-0.05, 0) is 25.7 Å². The van der Waals surface area contributed by atoms with E-state index in [1.54, 1.807) is 0 Å². The first-order chi connectivity index (χ1) is 10.1. The van der Waals surface area contributed by atoms with Gasteiger partial charge < -0.3 is 33.8 Å². The third kappa shape index (κ3) is 18.1. The van der Waals surface area contributed by atoms with Crippen LogP contribution in [0.15, 0.2) is 37.5 Å².